The maximum absolute atomic E-state index is 10.7. The number of nitrogens with zero attached hydrogens (tertiary/aromatic N) is 1. The summed E-state index contributed by atoms with van der Waals surface area (Å²) in [5, 5.41) is 14.8. The van der Waals surface area contributed by atoms with Gasteiger partial charge in [-0.3, -0.25) is 0 Å². The molecular weight excluding hydrogens is 348 g/mol. The van der Waals surface area contributed by atoms with E-state index in [-0.39, 0.29) is 12.1 Å². The van der Waals surface area contributed by atoms with Gasteiger partial charge in [0, 0.05) is 31.9 Å². The van der Waals surface area contributed by atoms with Gasteiger partial charge in [-0.05, 0) is 43.5 Å². The average Bonchev–Trinajstić information content (AvgIpc) is 2.67. The molecule has 1 aliphatic rings. The van der Waals surface area contributed by atoms with Crippen molar-refractivity contribution in [3.05, 3.63) is 59.6 Å². The molecule has 0 spiro atoms. The Hall–Kier alpha value is -1.75. The fourth-order valence-corrected chi connectivity index (χ4v) is 3.60. The Morgan fingerprint density at radius 2 is 1.85 bits per heavy atom. The number of para-hydroxylation sites is 2. The molecule has 5 heteroatoms. The molecule has 0 unspecified atom stereocenters. The van der Waals surface area contributed by atoms with Gasteiger partial charge < -0.3 is 20.1 Å². The van der Waals surface area contributed by atoms with Crippen LogP contribution in [-0.2, 0) is 0 Å². The third-order valence-electron chi connectivity index (χ3n) is 4.96. The Morgan fingerprint density at radius 3 is 2.62 bits per heavy atom. The number of anilines is 1. The molecule has 3 rings (SSSR count). The van der Waals surface area contributed by atoms with Crippen LogP contribution < -0.4 is 15.0 Å². The number of halogens is 1. The molecule has 1 saturated carbocycles. The van der Waals surface area contributed by atoms with Crippen molar-refractivity contribution in [1.82, 2.24) is 5.32 Å². The van der Waals surface area contributed by atoms with Crippen molar-refractivity contribution < 1.29 is 9.84 Å². The van der Waals surface area contributed by atoms with Gasteiger partial charge in [0.1, 0.15) is 18.0 Å². The van der Waals surface area contributed by atoms with Crippen molar-refractivity contribution >= 4 is 17.3 Å². The molecule has 0 bridgehead atoms. The average molecular weight is 375 g/mol. The van der Waals surface area contributed by atoms with Crippen LogP contribution in [-0.4, -0.2) is 43.5 Å². The lowest BCUT2D eigenvalue weighted by atomic mass is 9.90. The lowest BCUT2D eigenvalue weighted by Gasteiger charge is -2.36. The van der Waals surface area contributed by atoms with Crippen LogP contribution in [0.1, 0.15) is 19.3 Å². The number of nitrogens with one attached hydrogen (secondary N) is 1. The minimum atomic E-state index is -0.540. The van der Waals surface area contributed by atoms with E-state index in [4.69, 9.17) is 16.3 Å². The molecule has 0 heterocycles. The number of likely N-dealkylation sites (N-methyl/N-ethyl adjacent to an activating group) is 1. The van der Waals surface area contributed by atoms with E-state index in [1.807, 2.05) is 36.4 Å². The molecule has 0 aromatic heterocycles. The topological polar surface area (TPSA) is 44.7 Å². The number of rotatable bonds is 7. The van der Waals surface area contributed by atoms with Crippen LogP contribution in [0.25, 0.3) is 0 Å². The summed E-state index contributed by atoms with van der Waals surface area (Å²) in [6.07, 6.45) is 2.06. The summed E-state index contributed by atoms with van der Waals surface area (Å²) in [6.45, 7) is 1.69. The normalized spacial score (nSPS) is 22.8. The maximum Gasteiger partial charge on any atom is 0.138 e. The van der Waals surface area contributed by atoms with Gasteiger partial charge in [0.15, 0.2) is 0 Å². The largest absolute Gasteiger partial charge is 0.486 e. The third-order valence-corrected chi connectivity index (χ3v) is 5.27. The van der Waals surface area contributed by atoms with Crippen LogP contribution in [0.2, 0.25) is 5.02 Å². The van der Waals surface area contributed by atoms with Crippen LogP contribution in [0.3, 0.4) is 0 Å². The summed E-state index contributed by atoms with van der Waals surface area (Å²) in [5.74, 6) is 0.641. The SMILES string of the molecule is CN(CCN[C@H]1CCC[C@@H](Oc2ccccc2Cl)[C@@H]1O)c1ccccc1. The standard InChI is InChI=1S/C21H27ClN2O2/c1-24(16-8-3-2-4-9-16)15-14-23-18-11-7-13-20(21(18)25)26-19-12-6-5-10-17(19)22/h2-6,8-10,12,18,20-21,23,25H,7,11,13-15H2,1H3/t18-,20+,21+/m0/s1. The molecule has 0 saturated heterocycles. The lowest BCUT2D eigenvalue weighted by Crippen LogP contribution is -2.52. The van der Waals surface area contributed by atoms with Crippen LogP contribution >= 0.6 is 11.6 Å². The molecule has 4 nitrogen and oxygen atoms in total. The Labute approximate surface area is 160 Å². The van der Waals surface area contributed by atoms with E-state index < -0.39 is 6.10 Å². The van der Waals surface area contributed by atoms with Gasteiger partial charge in [-0.25, -0.2) is 0 Å². The first-order valence-electron chi connectivity index (χ1n) is 9.24. The number of benzene rings is 2. The summed E-state index contributed by atoms with van der Waals surface area (Å²) in [5.41, 5.74) is 1.19. The molecule has 140 valence electrons. The molecule has 0 amide bonds. The molecule has 0 radical (unpaired) electrons. The number of aliphatic hydroxyl groups excluding tert-OH is 1. The van der Waals surface area contributed by atoms with Gasteiger partial charge in [0.05, 0.1) is 5.02 Å². The molecule has 2 aromatic carbocycles. The molecular formula is C21H27ClN2O2. The van der Waals surface area contributed by atoms with Gasteiger partial charge in [0.25, 0.3) is 0 Å². The van der Waals surface area contributed by atoms with Crippen molar-refractivity contribution in [2.75, 3.05) is 25.0 Å². The molecule has 1 fully saturated rings. The van der Waals surface area contributed by atoms with Crippen molar-refractivity contribution in [1.29, 1.82) is 0 Å². The predicted octanol–water partition coefficient (Wildman–Crippen LogP) is 3.73. The Bertz CT molecular complexity index is 683. The van der Waals surface area contributed by atoms with E-state index in [1.54, 1.807) is 6.07 Å². The maximum atomic E-state index is 10.7. The highest BCUT2D eigenvalue weighted by Gasteiger charge is 2.33. The predicted molar refractivity (Wildman–Crippen MR) is 107 cm³/mol. The second-order valence-corrected chi connectivity index (χ2v) is 7.23. The second kappa shape index (κ2) is 9.26. The minimum absolute atomic E-state index is 0.0420. The molecule has 0 aliphatic heterocycles. The Kier molecular flexibility index (Phi) is 6.78. The number of aliphatic hydroxyl groups is 1. The number of ether oxygens (including phenoxy) is 1. The number of hydrogen-bond acceptors (Lipinski definition) is 4. The zero-order chi connectivity index (χ0) is 18.4. The lowest BCUT2D eigenvalue weighted by molar-refractivity contribution is -0.0149. The van der Waals surface area contributed by atoms with Gasteiger partial charge >= 0.3 is 0 Å². The van der Waals surface area contributed by atoms with E-state index in [9.17, 15) is 5.11 Å². The minimum Gasteiger partial charge on any atom is -0.486 e. The Balaban J connectivity index is 1.50. The molecule has 3 atom stereocenters. The second-order valence-electron chi connectivity index (χ2n) is 6.83. The smallest absolute Gasteiger partial charge is 0.138 e. The van der Waals surface area contributed by atoms with E-state index >= 15 is 0 Å². The zero-order valence-corrected chi connectivity index (χ0v) is 15.9. The number of hydrogen-bond donors (Lipinski definition) is 2. The molecule has 2 aromatic rings. The van der Waals surface area contributed by atoms with Gasteiger partial charge in [0.2, 0.25) is 0 Å². The highest BCUT2D eigenvalue weighted by Crippen LogP contribution is 2.29. The van der Waals surface area contributed by atoms with Crippen LogP contribution in [0.5, 0.6) is 5.75 Å². The first-order valence-corrected chi connectivity index (χ1v) is 9.62. The summed E-state index contributed by atoms with van der Waals surface area (Å²) in [4.78, 5) is 2.21. The summed E-state index contributed by atoms with van der Waals surface area (Å²) in [6, 6.07) is 17.8. The first-order chi connectivity index (χ1) is 12.6. The first kappa shape index (κ1) is 19.0. The van der Waals surface area contributed by atoms with Gasteiger partial charge in [-0.15, -0.1) is 0 Å². The van der Waals surface area contributed by atoms with Gasteiger partial charge in [-0.1, -0.05) is 41.9 Å². The fraction of sp³-hybridized carbons (Fsp3) is 0.429. The third kappa shape index (κ3) is 4.91. The van der Waals surface area contributed by atoms with E-state index in [2.05, 4.69) is 29.4 Å². The highest BCUT2D eigenvalue weighted by molar-refractivity contribution is 6.32. The van der Waals surface area contributed by atoms with E-state index in [0.717, 1.165) is 32.4 Å². The highest BCUT2D eigenvalue weighted by atomic mass is 35.5. The van der Waals surface area contributed by atoms with Crippen LogP contribution in [0.15, 0.2) is 54.6 Å². The summed E-state index contributed by atoms with van der Waals surface area (Å²) in [7, 11) is 2.08. The van der Waals surface area contributed by atoms with Crippen molar-refractivity contribution in [3.8, 4) is 5.75 Å². The quantitative estimate of drug-likeness (QED) is 0.775. The summed E-state index contributed by atoms with van der Waals surface area (Å²) < 4.78 is 5.99. The van der Waals surface area contributed by atoms with Crippen LogP contribution in [0, 0.1) is 0 Å². The molecule has 26 heavy (non-hydrogen) atoms. The van der Waals surface area contributed by atoms with Crippen LogP contribution in [0.4, 0.5) is 5.69 Å². The zero-order valence-electron chi connectivity index (χ0n) is 15.1. The Morgan fingerprint density at radius 1 is 1.12 bits per heavy atom. The van der Waals surface area contributed by atoms with E-state index in [1.165, 1.54) is 5.69 Å². The van der Waals surface area contributed by atoms with Crippen molar-refractivity contribution in [2.24, 2.45) is 0 Å². The molecule has 1 aliphatic carbocycles. The monoisotopic (exact) mass is 374 g/mol. The molecule has 2 N–H and O–H groups in total. The fourth-order valence-electron chi connectivity index (χ4n) is 3.42. The van der Waals surface area contributed by atoms with Gasteiger partial charge in [-0.2, -0.15) is 0 Å². The van der Waals surface area contributed by atoms with E-state index in [0.29, 0.717) is 10.8 Å². The van der Waals surface area contributed by atoms with Crippen molar-refractivity contribution in [3.63, 3.8) is 0 Å². The van der Waals surface area contributed by atoms with Crippen molar-refractivity contribution in [2.45, 2.75) is 37.5 Å². The summed E-state index contributed by atoms with van der Waals surface area (Å²) >= 11 is 6.18.